The van der Waals surface area contributed by atoms with Crippen molar-refractivity contribution >= 4 is 12.0 Å². The van der Waals surface area contributed by atoms with Gasteiger partial charge in [0.2, 0.25) is 0 Å². The Labute approximate surface area is 143 Å². The van der Waals surface area contributed by atoms with E-state index < -0.39 is 11.5 Å². The number of aryl methyl sites for hydroxylation is 1. The number of carbonyl (C=O) groups is 2. The summed E-state index contributed by atoms with van der Waals surface area (Å²) in [7, 11) is 0. The third-order valence-corrected chi connectivity index (χ3v) is 4.92. The Hall–Kier alpha value is -2.04. The lowest BCUT2D eigenvalue weighted by Crippen LogP contribution is -2.50. The third-order valence-electron chi connectivity index (χ3n) is 4.92. The van der Waals surface area contributed by atoms with E-state index in [-0.39, 0.29) is 18.0 Å². The Bertz CT molecular complexity index is 573. The normalized spacial score (nSPS) is 21.1. The molecule has 0 radical (unpaired) electrons. The van der Waals surface area contributed by atoms with Gasteiger partial charge in [-0.3, -0.25) is 4.79 Å². The van der Waals surface area contributed by atoms with Crippen LogP contribution in [0.3, 0.4) is 0 Å². The van der Waals surface area contributed by atoms with Gasteiger partial charge in [0.05, 0.1) is 11.5 Å². The zero-order valence-electron chi connectivity index (χ0n) is 14.8. The largest absolute Gasteiger partial charge is 0.481 e. The van der Waals surface area contributed by atoms with Crippen LogP contribution in [0.15, 0.2) is 24.3 Å². The van der Waals surface area contributed by atoms with Gasteiger partial charge in [0.25, 0.3) is 0 Å². The number of hydrogen-bond donors (Lipinski definition) is 3. The minimum absolute atomic E-state index is 0.0545. The monoisotopic (exact) mass is 332 g/mol. The first-order valence-corrected chi connectivity index (χ1v) is 8.72. The van der Waals surface area contributed by atoms with E-state index in [0.717, 1.165) is 24.8 Å². The summed E-state index contributed by atoms with van der Waals surface area (Å²) in [5.74, 6) is -0.991. The summed E-state index contributed by atoms with van der Waals surface area (Å²) in [5, 5.41) is 15.0. The molecule has 0 spiro atoms. The summed E-state index contributed by atoms with van der Waals surface area (Å²) >= 11 is 0. The molecule has 0 bridgehead atoms. The highest BCUT2D eigenvalue weighted by Gasteiger charge is 2.28. The van der Waals surface area contributed by atoms with Gasteiger partial charge in [-0.25, -0.2) is 4.79 Å². The number of hydrogen-bond acceptors (Lipinski definition) is 2. The van der Waals surface area contributed by atoms with Crippen LogP contribution in [0.5, 0.6) is 0 Å². The van der Waals surface area contributed by atoms with Gasteiger partial charge in [0.15, 0.2) is 0 Å². The Morgan fingerprint density at radius 2 is 1.71 bits per heavy atom. The van der Waals surface area contributed by atoms with Crippen molar-refractivity contribution in [1.82, 2.24) is 10.6 Å². The number of nitrogens with one attached hydrogen (secondary N) is 2. The fraction of sp³-hybridized carbons (Fsp3) is 0.579. The number of carbonyl (C=O) groups excluding carboxylic acids is 1. The van der Waals surface area contributed by atoms with Crippen molar-refractivity contribution in [2.75, 3.05) is 0 Å². The highest BCUT2D eigenvalue weighted by Crippen LogP contribution is 2.25. The smallest absolute Gasteiger partial charge is 0.315 e. The molecule has 5 heteroatoms. The van der Waals surface area contributed by atoms with Gasteiger partial charge in [-0.1, -0.05) is 31.2 Å². The first-order chi connectivity index (χ1) is 11.3. The van der Waals surface area contributed by atoms with Gasteiger partial charge in [-0.05, 0) is 57.1 Å². The van der Waals surface area contributed by atoms with Crippen LogP contribution < -0.4 is 10.6 Å². The number of carboxylic acids is 1. The SMILES string of the molecule is CCc1ccc(C(C)(C)NC(=O)NC2CCC(C(=O)O)CC2)cc1. The fourth-order valence-electron chi connectivity index (χ4n) is 3.22. The predicted octanol–water partition coefficient (Wildman–Crippen LogP) is 3.43. The van der Waals surface area contributed by atoms with Crippen LogP contribution in [0, 0.1) is 5.92 Å². The second-order valence-corrected chi connectivity index (χ2v) is 7.16. The van der Waals surface area contributed by atoms with Crippen molar-refractivity contribution in [3.05, 3.63) is 35.4 Å². The zero-order chi connectivity index (χ0) is 17.7. The third kappa shape index (κ3) is 4.73. The average Bonchev–Trinajstić information content (AvgIpc) is 2.54. The van der Waals surface area contributed by atoms with Gasteiger partial charge in [-0.2, -0.15) is 0 Å². The molecule has 0 aromatic heterocycles. The molecule has 3 N–H and O–H groups in total. The van der Waals surface area contributed by atoms with Crippen LogP contribution in [0.25, 0.3) is 0 Å². The molecule has 5 nitrogen and oxygen atoms in total. The number of urea groups is 1. The summed E-state index contributed by atoms with van der Waals surface area (Å²) in [4.78, 5) is 23.3. The quantitative estimate of drug-likeness (QED) is 0.773. The van der Waals surface area contributed by atoms with E-state index in [0.29, 0.717) is 12.8 Å². The maximum Gasteiger partial charge on any atom is 0.315 e. The molecule has 132 valence electrons. The topological polar surface area (TPSA) is 78.4 Å². The summed E-state index contributed by atoms with van der Waals surface area (Å²) in [6.07, 6.45) is 3.68. The van der Waals surface area contributed by atoms with Crippen LogP contribution in [-0.4, -0.2) is 23.1 Å². The molecule has 2 rings (SSSR count). The van der Waals surface area contributed by atoms with E-state index in [9.17, 15) is 9.59 Å². The molecule has 1 aliphatic rings. The van der Waals surface area contributed by atoms with Crippen LogP contribution in [0.4, 0.5) is 4.79 Å². The van der Waals surface area contributed by atoms with E-state index in [1.165, 1.54) is 5.56 Å². The number of carboxylic acid groups (broad SMARTS) is 1. The Kier molecular flexibility index (Phi) is 5.86. The van der Waals surface area contributed by atoms with Gasteiger partial charge in [0.1, 0.15) is 0 Å². The molecule has 0 aliphatic heterocycles. The van der Waals surface area contributed by atoms with Crippen LogP contribution >= 0.6 is 0 Å². The Morgan fingerprint density at radius 1 is 1.12 bits per heavy atom. The number of amides is 2. The van der Waals surface area contributed by atoms with E-state index in [2.05, 4.69) is 41.8 Å². The molecule has 1 fully saturated rings. The molecule has 0 atom stereocenters. The molecule has 0 heterocycles. The van der Waals surface area contributed by atoms with E-state index in [1.807, 2.05) is 13.8 Å². The molecular weight excluding hydrogens is 304 g/mol. The van der Waals surface area contributed by atoms with Crippen molar-refractivity contribution in [2.24, 2.45) is 5.92 Å². The minimum Gasteiger partial charge on any atom is -0.481 e. The summed E-state index contributed by atoms with van der Waals surface area (Å²) in [5.41, 5.74) is 1.87. The number of benzene rings is 1. The molecule has 2 amide bonds. The van der Waals surface area contributed by atoms with Crippen molar-refractivity contribution in [2.45, 2.75) is 64.5 Å². The summed E-state index contributed by atoms with van der Waals surface area (Å²) in [6, 6.07) is 8.14. The molecular formula is C19H28N2O3. The van der Waals surface area contributed by atoms with Crippen LogP contribution in [0.2, 0.25) is 0 Å². The van der Waals surface area contributed by atoms with E-state index in [4.69, 9.17) is 5.11 Å². The maximum atomic E-state index is 12.3. The van der Waals surface area contributed by atoms with E-state index >= 15 is 0 Å². The van der Waals surface area contributed by atoms with Gasteiger partial charge in [0, 0.05) is 6.04 Å². The minimum atomic E-state index is -0.727. The van der Waals surface area contributed by atoms with E-state index in [1.54, 1.807) is 0 Å². The second kappa shape index (κ2) is 7.69. The van der Waals surface area contributed by atoms with Crippen molar-refractivity contribution < 1.29 is 14.7 Å². The Morgan fingerprint density at radius 3 is 2.21 bits per heavy atom. The molecule has 1 aliphatic carbocycles. The highest BCUT2D eigenvalue weighted by molar-refractivity contribution is 5.75. The second-order valence-electron chi connectivity index (χ2n) is 7.16. The fourth-order valence-corrected chi connectivity index (χ4v) is 3.22. The predicted molar refractivity (Wildman–Crippen MR) is 93.9 cm³/mol. The number of aliphatic carboxylic acids is 1. The first kappa shape index (κ1) is 18.3. The molecule has 1 saturated carbocycles. The summed E-state index contributed by atoms with van der Waals surface area (Å²) < 4.78 is 0. The molecule has 1 aromatic carbocycles. The van der Waals surface area contributed by atoms with Gasteiger partial charge >= 0.3 is 12.0 Å². The van der Waals surface area contributed by atoms with Gasteiger partial charge in [-0.15, -0.1) is 0 Å². The van der Waals surface area contributed by atoms with Crippen molar-refractivity contribution in [3.8, 4) is 0 Å². The van der Waals surface area contributed by atoms with Crippen molar-refractivity contribution in [3.63, 3.8) is 0 Å². The molecule has 0 saturated heterocycles. The van der Waals surface area contributed by atoms with Gasteiger partial charge < -0.3 is 15.7 Å². The molecule has 0 unspecified atom stereocenters. The highest BCUT2D eigenvalue weighted by atomic mass is 16.4. The average molecular weight is 332 g/mol. The molecule has 1 aromatic rings. The standard InChI is InChI=1S/C19H28N2O3/c1-4-13-5-9-15(10-6-13)19(2,3)21-18(24)20-16-11-7-14(8-12-16)17(22)23/h5-6,9-10,14,16H,4,7-8,11-12H2,1-3H3,(H,22,23)(H2,20,21,24). The summed E-state index contributed by atoms with van der Waals surface area (Å²) in [6.45, 7) is 6.08. The lowest BCUT2D eigenvalue weighted by molar-refractivity contribution is -0.142. The Balaban J connectivity index is 1.87. The lowest BCUT2D eigenvalue weighted by Gasteiger charge is -2.31. The molecule has 24 heavy (non-hydrogen) atoms. The zero-order valence-corrected chi connectivity index (χ0v) is 14.8. The van der Waals surface area contributed by atoms with Crippen LogP contribution in [-0.2, 0) is 16.8 Å². The lowest BCUT2D eigenvalue weighted by atomic mass is 9.86. The first-order valence-electron chi connectivity index (χ1n) is 8.72. The van der Waals surface area contributed by atoms with Crippen LogP contribution in [0.1, 0.15) is 57.6 Å². The number of rotatable bonds is 5. The van der Waals surface area contributed by atoms with Crippen molar-refractivity contribution in [1.29, 1.82) is 0 Å². The maximum absolute atomic E-state index is 12.3.